The van der Waals surface area contributed by atoms with E-state index < -0.39 is 0 Å². The molecule has 1 aliphatic rings. The van der Waals surface area contributed by atoms with Gasteiger partial charge in [-0.3, -0.25) is 15.1 Å². The highest BCUT2D eigenvalue weighted by Crippen LogP contribution is 2.38. The molecule has 2 heterocycles. The number of rotatable bonds is 2. The Balaban J connectivity index is 1.80. The molecule has 4 nitrogen and oxygen atoms in total. The molecule has 1 saturated heterocycles. The van der Waals surface area contributed by atoms with Gasteiger partial charge < -0.3 is 4.42 Å². The summed E-state index contributed by atoms with van der Waals surface area (Å²) >= 11 is 1.14. The van der Waals surface area contributed by atoms with Gasteiger partial charge in [-0.15, -0.1) is 0 Å². The van der Waals surface area contributed by atoms with Crippen LogP contribution in [0.25, 0.3) is 16.8 Å². The van der Waals surface area contributed by atoms with Crippen molar-refractivity contribution < 1.29 is 9.21 Å². The first-order valence-corrected chi connectivity index (χ1v) is 7.89. The molecule has 0 bridgehead atoms. The predicted octanol–water partition coefficient (Wildman–Crippen LogP) is 4.49. The summed E-state index contributed by atoms with van der Waals surface area (Å²) in [6.07, 6.45) is 3.23. The van der Waals surface area contributed by atoms with Gasteiger partial charge in [0.05, 0.1) is 16.9 Å². The van der Waals surface area contributed by atoms with Crippen LogP contribution in [0.5, 0.6) is 0 Å². The molecule has 23 heavy (non-hydrogen) atoms. The minimum absolute atomic E-state index is 0.198. The normalized spacial score (nSPS) is 16.7. The molecule has 3 aromatic rings. The van der Waals surface area contributed by atoms with Crippen molar-refractivity contribution >= 4 is 45.4 Å². The number of nitrogens with zero attached hydrogens (tertiary/aromatic N) is 1. The van der Waals surface area contributed by atoms with Crippen molar-refractivity contribution in [1.29, 1.82) is 5.41 Å². The van der Waals surface area contributed by atoms with E-state index in [0.717, 1.165) is 28.2 Å². The van der Waals surface area contributed by atoms with Crippen LogP contribution in [0.3, 0.4) is 0 Å². The summed E-state index contributed by atoms with van der Waals surface area (Å²) in [5.41, 5.74) is 0.730. The van der Waals surface area contributed by atoms with Gasteiger partial charge in [-0.25, -0.2) is 0 Å². The summed E-state index contributed by atoms with van der Waals surface area (Å²) in [6.45, 7) is 0. The zero-order valence-corrected chi connectivity index (χ0v) is 12.8. The van der Waals surface area contributed by atoms with Crippen LogP contribution in [-0.2, 0) is 4.79 Å². The number of carbonyl (C=O) groups excluding carboxylic acids is 1. The Labute approximate surface area is 136 Å². The van der Waals surface area contributed by atoms with Crippen LogP contribution in [0.1, 0.15) is 5.76 Å². The second kappa shape index (κ2) is 5.44. The first-order chi connectivity index (χ1) is 11.2. The van der Waals surface area contributed by atoms with Gasteiger partial charge in [0.2, 0.25) is 0 Å². The highest BCUT2D eigenvalue weighted by atomic mass is 32.2. The van der Waals surface area contributed by atoms with Crippen LogP contribution in [0.15, 0.2) is 70.2 Å². The monoisotopic (exact) mass is 320 g/mol. The number of fused-ring (bicyclic) bond motifs is 1. The van der Waals surface area contributed by atoms with Crippen molar-refractivity contribution in [2.45, 2.75) is 0 Å². The first kappa shape index (κ1) is 13.8. The van der Waals surface area contributed by atoms with Gasteiger partial charge in [0.25, 0.3) is 5.91 Å². The van der Waals surface area contributed by atoms with E-state index in [9.17, 15) is 4.79 Å². The third-order valence-corrected chi connectivity index (χ3v) is 4.54. The molecule has 1 aromatic heterocycles. The van der Waals surface area contributed by atoms with Crippen molar-refractivity contribution in [3.8, 4) is 0 Å². The molecule has 0 spiro atoms. The standard InChI is InChI=1S/C18H12N2O2S/c19-18-20(15-9-3-6-12-5-1-2-8-14(12)15)17(21)16(23-18)11-13-7-4-10-22-13/h1-11,19H. The van der Waals surface area contributed by atoms with E-state index in [-0.39, 0.29) is 11.1 Å². The number of amidine groups is 1. The molecule has 1 N–H and O–H groups in total. The molecule has 1 fully saturated rings. The summed E-state index contributed by atoms with van der Waals surface area (Å²) in [5, 5.41) is 10.4. The number of nitrogens with one attached hydrogen (secondary N) is 1. The summed E-state index contributed by atoms with van der Waals surface area (Å²) in [6, 6.07) is 17.2. The van der Waals surface area contributed by atoms with Crippen molar-refractivity contribution in [3.05, 3.63) is 71.5 Å². The number of benzene rings is 2. The van der Waals surface area contributed by atoms with Crippen molar-refractivity contribution in [2.75, 3.05) is 4.90 Å². The average molecular weight is 320 g/mol. The summed E-state index contributed by atoms with van der Waals surface area (Å²) in [4.78, 5) is 14.7. The fraction of sp³-hybridized carbons (Fsp3) is 0. The maximum Gasteiger partial charge on any atom is 0.271 e. The maximum atomic E-state index is 12.7. The molecule has 0 saturated carbocycles. The lowest BCUT2D eigenvalue weighted by Crippen LogP contribution is -2.28. The number of hydrogen-bond donors (Lipinski definition) is 1. The molecule has 1 amide bonds. The molecular weight excluding hydrogens is 308 g/mol. The Bertz CT molecular complexity index is 939. The fourth-order valence-electron chi connectivity index (χ4n) is 2.61. The van der Waals surface area contributed by atoms with Gasteiger partial charge in [0.1, 0.15) is 5.76 Å². The van der Waals surface area contributed by atoms with Crippen molar-refractivity contribution in [2.24, 2.45) is 0 Å². The van der Waals surface area contributed by atoms with Crippen LogP contribution < -0.4 is 4.90 Å². The summed E-state index contributed by atoms with van der Waals surface area (Å²) in [5.74, 6) is 0.404. The summed E-state index contributed by atoms with van der Waals surface area (Å²) < 4.78 is 5.26. The molecule has 5 heteroatoms. The van der Waals surface area contributed by atoms with Gasteiger partial charge in [-0.05, 0) is 35.3 Å². The van der Waals surface area contributed by atoms with Crippen molar-refractivity contribution in [3.63, 3.8) is 0 Å². The highest BCUT2D eigenvalue weighted by molar-refractivity contribution is 8.19. The molecule has 0 unspecified atom stereocenters. The molecule has 0 radical (unpaired) electrons. The number of furan rings is 1. The second-order valence-corrected chi connectivity index (χ2v) is 6.10. The number of carbonyl (C=O) groups is 1. The van der Waals surface area contributed by atoms with Gasteiger partial charge in [0, 0.05) is 11.5 Å². The SMILES string of the molecule is N=C1SC(=Cc2ccco2)C(=O)N1c1cccc2ccccc12. The highest BCUT2D eigenvalue weighted by Gasteiger charge is 2.34. The van der Waals surface area contributed by atoms with Gasteiger partial charge >= 0.3 is 0 Å². The Hall–Kier alpha value is -2.79. The molecule has 2 aromatic carbocycles. The van der Waals surface area contributed by atoms with E-state index >= 15 is 0 Å². The zero-order valence-electron chi connectivity index (χ0n) is 12.0. The number of thioether (sulfide) groups is 1. The topological polar surface area (TPSA) is 57.3 Å². The van der Waals surface area contributed by atoms with E-state index in [4.69, 9.17) is 9.83 Å². The van der Waals surface area contributed by atoms with Crippen LogP contribution >= 0.6 is 11.8 Å². The van der Waals surface area contributed by atoms with E-state index in [1.54, 1.807) is 24.5 Å². The summed E-state index contributed by atoms with van der Waals surface area (Å²) in [7, 11) is 0. The van der Waals surface area contributed by atoms with E-state index in [0.29, 0.717) is 10.7 Å². The molecule has 4 rings (SSSR count). The molecular formula is C18H12N2O2S. The average Bonchev–Trinajstić information content (AvgIpc) is 3.16. The van der Waals surface area contributed by atoms with Gasteiger partial charge in [0.15, 0.2) is 5.17 Å². The van der Waals surface area contributed by atoms with Crippen LogP contribution in [0.4, 0.5) is 5.69 Å². The minimum Gasteiger partial charge on any atom is -0.465 e. The molecule has 112 valence electrons. The Kier molecular flexibility index (Phi) is 3.28. The van der Waals surface area contributed by atoms with Crippen LogP contribution in [0.2, 0.25) is 0 Å². The third kappa shape index (κ3) is 2.35. The largest absolute Gasteiger partial charge is 0.465 e. The predicted molar refractivity (Wildman–Crippen MR) is 93.4 cm³/mol. The van der Waals surface area contributed by atoms with E-state index in [1.165, 1.54) is 4.90 Å². The molecule has 0 atom stereocenters. The second-order valence-electron chi connectivity index (χ2n) is 5.07. The lowest BCUT2D eigenvalue weighted by atomic mass is 10.1. The van der Waals surface area contributed by atoms with Crippen LogP contribution in [-0.4, -0.2) is 11.1 Å². The lowest BCUT2D eigenvalue weighted by Gasteiger charge is -2.16. The Morgan fingerprint density at radius 2 is 1.87 bits per heavy atom. The number of anilines is 1. The molecule has 1 aliphatic heterocycles. The minimum atomic E-state index is -0.201. The first-order valence-electron chi connectivity index (χ1n) is 7.08. The Morgan fingerprint density at radius 3 is 2.70 bits per heavy atom. The maximum absolute atomic E-state index is 12.7. The van der Waals surface area contributed by atoms with E-state index in [1.807, 2.05) is 42.5 Å². The van der Waals surface area contributed by atoms with Crippen molar-refractivity contribution in [1.82, 2.24) is 0 Å². The lowest BCUT2D eigenvalue weighted by molar-refractivity contribution is -0.113. The number of hydrogen-bond acceptors (Lipinski definition) is 4. The van der Waals surface area contributed by atoms with E-state index in [2.05, 4.69) is 0 Å². The van der Waals surface area contributed by atoms with Crippen LogP contribution in [0, 0.1) is 5.41 Å². The van der Waals surface area contributed by atoms with Gasteiger partial charge in [-0.1, -0.05) is 36.4 Å². The molecule has 0 aliphatic carbocycles. The Morgan fingerprint density at radius 1 is 1.04 bits per heavy atom. The third-order valence-electron chi connectivity index (χ3n) is 3.65. The zero-order chi connectivity index (χ0) is 15.8. The number of amides is 1. The quantitative estimate of drug-likeness (QED) is 0.708. The van der Waals surface area contributed by atoms with Gasteiger partial charge in [-0.2, -0.15) is 0 Å². The fourth-order valence-corrected chi connectivity index (χ4v) is 3.45. The smallest absolute Gasteiger partial charge is 0.271 e.